The van der Waals surface area contributed by atoms with Crippen LogP contribution in [0.5, 0.6) is 0 Å². The summed E-state index contributed by atoms with van der Waals surface area (Å²) in [6, 6.07) is 19.5. The molecule has 2 aromatic carbocycles. The predicted octanol–water partition coefficient (Wildman–Crippen LogP) is 4.49. The van der Waals surface area contributed by atoms with Gasteiger partial charge in [-0.05, 0) is 37.1 Å². The number of carbonyl (C=O) groups excluding carboxylic acids is 1. The topological polar surface area (TPSA) is 42.2 Å². The van der Waals surface area contributed by atoms with Gasteiger partial charge in [-0.15, -0.1) is 0 Å². The standard InChI is InChI=1S/C20H19NO2/c1-14-12-17(15(2)23-14)13-21-20(22)19-11-7-6-10-18(19)16-8-4-3-5-9-16/h3-12H,13H2,1-2H3,(H,21,22). The molecule has 1 amide bonds. The van der Waals surface area contributed by atoms with Gasteiger partial charge in [0.25, 0.3) is 5.91 Å². The normalized spacial score (nSPS) is 10.5. The largest absolute Gasteiger partial charge is 0.466 e. The molecule has 1 N–H and O–H groups in total. The monoisotopic (exact) mass is 305 g/mol. The smallest absolute Gasteiger partial charge is 0.252 e. The highest BCUT2D eigenvalue weighted by molar-refractivity contribution is 6.00. The van der Waals surface area contributed by atoms with Gasteiger partial charge in [-0.2, -0.15) is 0 Å². The zero-order valence-corrected chi connectivity index (χ0v) is 13.3. The Morgan fingerprint density at radius 3 is 2.39 bits per heavy atom. The van der Waals surface area contributed by atoms with E-state index in [0.717, 1.165) is 28.2 Å². The summed E-state index contributed by atoms with van der Waals surface area (Å²) in [6.07, 6.45) is 0. The summed E-state index contributed by atoms with van der Waals surface area (Å²) in [5.41, 5.74) is 3.66. The molecule has 0 aliphatic rings. The molecule has 0 aliphatic heterocycles. The Kier molecular flexibility index (Phi) is 4.29. The van der Waals surface area contributed by atoms with E-state index in [2.05, 4.69) is 5.32 Å². The van der Waals surface area contributed by atoms with Crippen molar-refractivity contribution >= 4 is 5.91 Å². The maximum Gasteiger partial charge on any atom is 0.252 e. The number of aryl methyl sites for hydroxylation is 2. The summed E-state index contributed by atoms with van der Waals surface area (Å²) in [5.74, 6) is 1.62. The SMILES string of the molecule is Cc1cc(CNC(=O)c2ccccc2-c2ccccc2)c(C)o1. The van der Waals surface area contributed by atoms with Gasteiger partial charge in [0, 0.05) is 17.7 Å². The first-order chi connectivity index (χ1) is 11.1. The van der Waals surface area contributed by atoms with Gasteiger partial charge in [0.05, 0.1) is 0 Å². The highest BCUT2D eigenvalue weighted by Crippen LogP contribution is 2.23. The third kappa shape index (κ3) is 3.34. The number of nitrogens with one attached hydrogen (secondary N) is 1. The summed E-state index contributed by atoms with van der Waals surface area (Å²) in [6.45, 7) is 4.28. The molecule has 3 nitrogen and oxygen atoms in total. The lowest BCUT2D eigenvalue weighted by atomic mass is 9.99. The van der Waals surface area contributed by atoms with Crippen LogP contribution in [0.2, 0.25) is 0 Å². The second-order valence-electron chi connectivity index (χ2n) is 5.53. The first-order valence-electron chi connectivity index (χ1n) is 7.63. The quantitative estimate of drug-likeness (QED) is 0.771. The zero-order chi connectivity index (χ0) is 16.2. The summed E-state index contributed by atoms with van der Waals surface area (Å²) in [4.78, 5) is 12.6. The molecule has 1 heterocycles. The number of amides is 1. The summed E-state index contributed by atoms with van der Waals surface area (Å²) in [5, 5.41) is 2.98. The minimum absolute atomic E-state index is 0.0808. The Bertz CT molecular complexity index is 819. The van der Waals surface area contributed by atoms with Crippen LogP contribution in [0.25, 0.3) is 11.1 Å². The van der Waals surface area contributed by atoms with Gasteiger partial charge in [0.1, 0.15) is 11.5 Å². The highest BCUT2D eigenvalue weighted by Gasteiger charge is 2.13. The fourth-order valence-corrected chi connectivity index (χ4v) is 2.68. The molecule has 0 atom stereocenters. The van der Waals surface area contributed by atoms with Crippen LogP contribution < -0.4 is 5.32 Å². The number of rotatable bonds is 4. The molecule has 0 spiro atoms. The fourth-order valence-electron chi connectivity index (χ4n) is 2.68. The fraction of sp³-hybridized carbons (Fsp3) is 0.150. The van der Waals surface area contributed by atoms with E-state index in [9.17, 15) is 4.79 Å². The lowest BCUT2D eigenvalue weighted by Gasteiger charge is -2.10. The van der Waals surface area contributed by atoms with Crippen LogP contribution in [0, 0.1) is 13.8 Å². The van der Waals surface area contributed by atoms with E-state index in [1.165, 1.54) is 0 Å². The van der Waals surface area contributed by atoms with Crippen molar-refractivity contribution in [3.63, 3.8) is 0 Å². The summed E-state index contributed by atoms with van der Waals surface area (Å²) >= 11 is 0. The van der Waals surface area contributed by atoms with Gasteiger partial charge in [-0.1, -0.05) is 48.5 Å². The Morgan fingerprint density at radius 1 is 1.00 bits per heavy atom. The molecule has 3 heteroatoms. The predicted molar refractivity (Wildman–Crippen MR) is 91.2 cm³/mol. The van der Waals surface area contributed by atoms with Gasteiger partial charge in [0.2, 0.25) is 0 Å². The molecule has 0 bridgehead atoms. The van der Waals surface area contributed by atoms with E-state index >= 15 is 0 Å². The number of benzene rings is 2. The molecule has 0 aliphatic carbocycles. The molecule has 3 aromatic rings. The number of furan rings is 1. The average molecular weight is 305 g/mol. The van der Waals surface area contributed by atoms with Crippen molar-refractivity contribution in [1.82, 2.24) is 5.32 Å². The maximum absolute atomic E-state index is 12.6. The first kappa shape index (κ1) is 15.1. The molecule has 0 unspecified atom stereocenters. The van der Waals surface area contributed by atoms with E-state index in [-0.39, 0.29) is 5.91 Å². The lowest BCUT2D eigenvalue weighted by Crippen LogP contribution is -2.23. The van der Waals surface area contributed by atoms with E-state index < -0.39 is 0 Å². The van der Waals surface area contributed by atoms with E-state index in [1.807, 2.05) is 74.5 Å². The van der Waals surface area contributed by atoms with Gasteiger partial charge < -0.3 is 9.73 Å². The van der Waals surface area contributed by atoms with Gasteiger partial charge in [-0.25, -0.2) is 0 Å². The highest BCUT2D eigenvalue weighted by atomic mass is 16.3. The van der Waals surface area contributed by atoms with Crippen molar-refractivity contribution in [2.75, 3.05) is 0 Å². The van der Waals surface area contributed by atoms with Crippen LogP contribution in [-0.4, -0.2) is 5.91 Å². The minimum atomic E-state index is -0.0808. The molecule has 1 aromatic heterocycles. The number of hydrogen-bond donors (Lipinski definition) is 1. The molecule has 0 radical (unpaired) electrons. The Hall–Kier alpha value is -2.81. The van der Waals surface area contributed by atoms with E-state index in [4.69, 9.17) is 4.42 Å². The van der Waals surface area contributed by atoms with E-state index in [0.29, 0.717) is 12.1 Å². The molecule has 23 heavy (non-hydrogen) atoms. The van der Waals surface area contributed by atoms with Crippen LogP contribution in [0.4, 0.5) is 0 Å². The second kappa shape index (κ2) is 6.53. The molecule has 3 rings (SSSR count). The van der Waals surface area contributed by atoms with Crippen molar-refractivity contribution in [2.45, 2.75) is 20.4 Å². The third-order valence-electron chi connectivity index (χ3n) is 3.84. The minimum Gasteiger partial charge on any atom is -0.466 e. The molecular formula is C20H19NO2. The van der Waals surface area contributed by atoms with Crippen LogP contribution in [-0.2, 0) is 6.54 Å². The first-order valence-corrected chi connectivity index (χ1v) is 7.63. The van der Waals surface area contributed by atoms with Gasteiger partial charge in [-0.3, -0.25) is 4.79 Å². The van der Waals surface area contributed by atoms with Crippen molar-refractivity contribution in [3.8, 4) is 11.1 Å². The molecular weight excluding hydrogens is 286 g/mol. The number of carbonyl (C=O) groups is 1. The van der Waals surface area contributed by atoms with Crippen molar-refractivity contribution in [2.24, 2.45) is 0 Å². The maximum atomic E-state index is 12.6. The van der Waals surface area contributed by atoms with Crippen LogP contribution in [0.15, 0.2) is 65.1 Å². The third-order valence-corrected chi connectivity index (χ3v) is 3.84. The Morgan fingerprint density at radius 2 is 1.70 bits per heavy atom. The Balaban J connectivity index is 1.82. The molecule has 0 saturated carbocycles. The van der Waals surface area contributed by atoms with Gasteiger partial charge in [0.15, 0.2) is 0 Å². The van der Waals surface area contributed by atoms with Crippen LogP contribution in [0.3, 0.4) is 0 Å². The number of hydrogen-bond acceptors (Lipinski definition) is 2. The summed E-state index contributed by atoms with van der Waals surface area (Å²) < 4.78 is 5.49. The zero-order valence-electron chi connectivity index (χ0n) is 13.3. The Labute approximate surface area is 136 Å². The van der Waals surface area contributed by atoms with Crippen LogP contribution >= 0.6 is 0 Å². The van der Waals surface area contributed by atoms with E-state index in [1.54, 1.807) is 0 Å². The molecule has 116 valence electrons. The van der Waals surface area contributed by atoms with Gasteiger partial charge >= 0.3 is 0 Å². The van der Waals surface area contributed by atoms with Crippen LogP contribution in [0.1, 0.15) is 27.4 Å². The lowest BCUT2D eigenvalue weighted by molar-refractivity contribution is 0.0951. The van der Waals surface area contributed by atoms with Crippen molar-refractivity contribution in [3.05, 3.63) is 83.3 Å². The van der Waals surface area contributed by atoms with Crippen molar-refractivity contribution < 1.29 is 9.21 Å². The molecule has 0 fully saturated rings. The van der Waals surface area contributed by atoms with Crippen molar-refractivity contribution in [1.29, 1.82) is 0 Å². The average Bonchev–Trinajstić information content (AvgIpc) is 2.91. The second-order valence-corrected chi connectivity index (χ2v) is 5.53. The molecule has 0 saturated heterocycles. The summed E-state index contributed by atoms with van der Waals surface area (Å²) in [7, 11) is 0.